The lowest BCUT2D eigenvalue weighted by atomic mass is 10.3. The maximum absolute atomic E-state index is 12.8. The fourth-order valence-corrected chi connectivity index (χ4v) is 2.98. The summed E-state index contributed by atoms with van der Waals surface area (Å²) in [5.74, 6) is -0.526. The van der Waals surface area contributed by atoms with Gasteiger partial charge < -0.3 is 15.3 Å². The molecular weight excluding hydrogens is 384 g/mol. The smallest absolute Gasteiger partial charge is 0.337 e. The zero-order valence-corrected chi connectivity index (χ0v) is 16.3. The van der Waals surface area contributed by atoms with Crippen molar-refractivity contribution in [2.45, 2.75) is 0 Å². The van der Waals surface area contributed by atoms with Crippen molar-refractivity contribution in [3.05, 3.63) is 72.2 Å². The van der Waals surface area contributed by atoms with E-state index in [4.69, 9.17) is 5.11 Å². The highest BCUT2D eigenvalue weighted by atomic mass is 16.4. The molecule has 0 aliphatic rings. The number of carbonyl (C=O) groups is 2. The molecule has 0 saturated heterocycles. The average Bonchev–Trinajstić information content (AvgIpc) is 3.12. The lowest BCUT2D eigenvalue weighted by Crippen LogP contribution is -2.24. The van der Waals surface area contributed by atoms with E-state index in [0.717, 1.165) is 5.69 Å². The van der Waals surface area contributed by atoms with Gasteiger partial charge in [0.15, 0.2) is 5.65 Å². The first-order valence-electron chi connectivity index (χ1n) is 9.06. The van der Waals surface area contributed by atoms with Gasteiger partial charge in [-0.05, 0) is 30.3 Å². The second-order valence-electron chi connectivity index (χ2n) is 6.73. The number of aromatic carboxylic acids is 1. The largest absolute Gasteiger partial charge is 0.478 e. The first-order chi connectivity index (χ1) is 14.4. The third-order valence-electron chi connectivity index (χ3n) is 4.43. The molecule has 3 heterocycles. The first-order valence-corrected chi connectivity index (χ1v) is 9.06. The fourth-order valence-electron chi connectivity index (χ4n) is 2.98. The molecule has 0 saturated carbocycles. The topological polar surface area (TPSA) is 113 Å². The van der Waals surface area contributed by atoms with Crippen LogP contribution in [0.15, 0.2) is 60.9 Å². The van der Waals surface area contributed by atoms with E-state index in [2.05, 4.69) is 20.3 Å². The summed E-state index contributed by atoms with van der Waals surface area (Å²) in [4.78, 5) is 38.2. The molecule has 9 heteroatoms. The van der Waals surface area contributed by atoms with Crippen LogP contribution >= 0.6 is 0 Å². The molecule has 0 fully saturated rings. The Labute approximate surface area is 171 Å². The van der Waals surface area contributed by atoms with Gasteiger partial charge in [0, 0.05) is 37.6 Å². The second-order valence-corrected chi connectivity index (χ2v) is 6.73. The van der Waals surface area contributed by atoms with Crippen molar-refractivity contribution in [2.24, 2.45) is 0 Å². The number of rotatable bonds is 5. The number of hydrogen-bond acceptors (Lipinski definition) is 6. The summed E-state index contributed by atoms with van der Waals surface area (Å²) in [7, 11) is 3.39. The van der Waals surface area contributed by atoms with E-state index in [1.807, 2.05) is 30.3 Å². The number of anilines is 2. The predicted molar refractivity (Wildman–Crippen MR) is 111 cm³/mol. The number of hydrogen-bond donors (Lipinski definition) is 2. The molecule has 1 aromatic carbocycles. The molecule has 9 nitrogen and oxygen atoms in total. The van der Waals surface area contributed by atoms with Gasteiger partial charge in [-0.25, -0.2) is 14.8 Å². The lowest BCUT2D eigenvalue weighted by molar-refractivity contribution is 0.0696. The molecule has 0 atom stereocenters. The van der Waals surface area contributed by atoms with E-state index >= 15 is 0 Å². The Kier molecular flexibility index (Phi) is 4.85. The van der Waals surface area contributed by atoms with Crippen LogP contribution in [0.1, 0.15) is 20.8 Å². The van der Waals surface area contributed by atoms with Crippen molar-refractivity contribution in [1.82, 2.24) is 24.4 Å². The third-order valence-corrected chi connectivity index (χ3v) is 4.43. The van der Waals surface area contributed by atoms with Gasteiger partial charge in [0.25, 0.3) is 5.91 Å². The molecule has 1 amide bonds. The number of benzene rings is 1. The maximum atomic E-state index is 12.8. The maximum Gasteiger partial charge on any atom is 0.337 e. The van der Waals surface area contributed by atoms with Gasteiger partial charge in [0.2, 0.25) is 5.95 Å². The van der Waals surface area contributed by atoms with E-state index in [1.54, 1.807) is 30.9 Å². The van der Waals surface area contributed by atoms with Crippen molar-refractivity contribution >= 4 is 34.7 Å². The Bertz CT molecular complexity index is 1230. The lowest BCUT2D eigenvalue weighted by Gasteiger charge is -2.14. The minimum absolute atomic E-state index is 0.0849. The van der Waals surface area contributed by atoms with Gasteiger partial charge in [0.05, 0.1) is 5.56 Å². The van der Waals surface area contributed by atoms with Crippen LogP contribution in [0.5, 0.6) is 0 Å². The number of nitrogens with one attached hydrogen (secondary N) is 1. The van der Waals surface area contributed by atoms with Crippen LogP contribution < -0.4 is 5.32 Å². The van der Waals surface area contributed by atoms with Gasteiger partial charge >= 0.3 is 5.97 Å². The molecule has 0 aliphatic heterocycles. The van der Waals surface area contributed by atoms with Crippen LogP contribution in [0, 0.1) is 0 Å². The molecule has 0 spiro atoms. The summed E-state index contributed by atoms with van der Waals surface area (Å²) in [6, 6.07) is 14.2. The van der Waals surface area contributed by atoms with Crippen LogP contribution in [0.2, 0.25) is 0 Å². The van der Waals surface area contributed by atoms with Gasteiger partial charge in [0.1, 0.15) is 11.5 Å². The highest BCUT2D eigenvalue weighted by Gasteiger charge is 2.20. The Morgan fingerprint density at radius 2 is 1.80 bits per heavy atom. The Morgan fingerprint density at radius 3 is 2.43 bits per heavy atom. The highest BCUT2D eigenvalue weighted by Crippen LogP contribution is 2.25. The van der Waals surface area contributed by atoms with E-state index in [-0.39, 0.29) is 17.4 Å². The molecule has 0 radical (unpaired) electrons. The minimum Gasteiger partial charge on any atom is -0.478 e. The number of aromatic nitrogens is 4. The van der Waals surface area contributed by atoms with Crippen LogP contribution in [0.4, 0.5) is 11.8 Å². The molecule has 0 unspecified atom stereocenters. The number of nitrogens with zero attached hydrogens (tertiary/aromatic N) is 5. The molecule has 0 aliphatic carbocycles. The predicted octanol–water partition coefficient (Wildman–Crippen LogP) is 2.96. The summed E-state index contributed by atoms with van der Waals surface area (Å²) >= 11 is 0. The summed E-state index contributed by atoms with van der Waals surface area (Å²) < 4.78 is 1.78. The van der Waals surface area contributed by atoms with Gasteiger partial charge in [-0.2, -0.15) is 4.98 Å². The molecule has 4 aromatic rings. The van der Waals surface area contributed by atoms with Gasteiger partial charge in [-0.15, -0.1) is 0 Å². The minimum atomic E-state index is -1.05. The van der Waals surface area contributed by atoms with Gasteiger partial charge in [-0.1, -0.05) is 18.2 Å². The number of para-hydroxylation sites is 1. The summed E-state index contributed by atoms with van der Waals surface area (Å²) in [5, 5.41) is 12.7. The Balaban J connectivity index is 1.79. The molecule has 2 N–H and O–H groups in total. The Morgan fingerprint density at radius 1 is 1.03 bits per heavy atom. The van der Waals surface area contributed by atoms with E-state index in [9.17, 15) is 9.59 Å². The normalized spacial score (nSPS) is 10.7. The molecule has 150 valence electrons. The fraction of sp³-hybridized carbons (Fsp3) is 0.0952. The number of carboxylic acid groups (broad SMARTS) is 1. The standard InChI is InChI=1S/C21H18N6O3/c1-26(2)19(28)16-10-14-12-23-21(24-17-9-8-13(11-22-17)20(29)30)25-18(14)27(16)15-6-4-3-5-7-15/h3-12H,1-2H3,(H,29,30)(H,22,23,24,25). The zero-order chi connectivity index (χ0) is 21.3. The van der Waals surface area contributed by atoms with Crippen molar-refractivity contribution in [3.63, 3.8) is 0 Å². The van der Waals surface area contributed by atoms with E-state index < -0.39 is 5.97 Å². The van der Waals surface area contributed by atoms with Crippen LogP contribution in [0.25, 0.3) is 16.7 Å². The van der Waals surface area contributed by atoms with Crippen LogP contribution in [-0.2, 0) is 0 Å². The third kappa shape index (κ3) is 3.55. The van der Waals surface area contributed by atoms with Crippen molar-refractivity contribution in [2.75, 3.05) is 19.4 Å². The number of carboxylic acids is 1. The molecule has 0 bridgehead atoms. The monoisotopic (exact) mass is 402 g/mol. The summed E-state index contributed by atoms with van der Waals surface area (Å²) in [5.41, 5.74) is 1.91. The number of carbonyl (C=O) groups excluding carboxylic acids is 1. The quantitative estimate of drug-likeness (QED) is 0.528. The van der Waals surface area contributed by atoms with Crippen molar-refractivity contribution in [3.8, 4) is 5.69 Å². The molecule has 4 rings (SSSR count). The first kappa shape index (κ1) is 19.1. The van der Waals surface area contributed by atoms with Crippen molar-refractivity contribution in [1.29, 1.82) is 0 Å². The highest BCUT2D eigenvalue weighted by molar-refractivity contribution is 5.99. The van der Waals surface area contributed by atoms with Crippen LogP contribution in [0.3, 0.4) is 0 Å². The van der Waals surface area contributed by atoms with E-state index in [0.29, 0.717) is 22.5 Å². The van der Waals surface area contributed by atoms with E-state index in [1.165, 1.54) is 23.2 Å². The van der Waals surface area contributed by atoms with Crippen molar-refractivity contribution < 1.29 is 14.7 Å². The van der Waals surface area contributed by atoms with Gasteiger partial charge in [-0.3, -0.25) is 9.36 Å². The summed E-state index contributed by atoms with van der Waals surface area (Å²) in [6.45, 7) is 0. The second kappa shape index (κ2) is 7.63. The van der Waals surface area contributed by atoms with Crippen LogP contribution in [-0.4, -0.2) is 55.5 Å². The Hall–Kier alpha value is -4.27. The molecular formula is C21H18N6O3. The SMILES string of the molecule is CN(C)C(=O)c1cc2cnc(Nc3ccc(C(=O)O)cn3)nc2n1-c1ccccc1. The number of fused-ring (bicyclic) bond motifs is 1. The zero-order valence-electron chi connectivity index (χ0n) is 16.3. The molecule has 3 aromatic heterocycles. The molecule has 30 heavy (non-hydrogen) atoms. The summed E-state index contributed by atoms with van der Waals surface area (Å²) in [6.07, 6.45) is 2.88. The number of amides is 1. The average molecular weight is 402 g/mol. The number of pyridine rings is 1.